The minimum Gasteiger partial charge on any atom is -0.369 e. The number of hydrogen-bond acceptors (Lipinski definition) is 4. The fraction of sp³-hybridized carbons (Fsp3) is 0.583. The predicted octanol–water partition coefficient (Wildman–Crippen LogP) is 1.28. The van der Waals surface area contributed by atoms with E-state index in [1.54, 1.807) is 4.90 Å². The van der Waals surface area contributed by atoms with Gasteiger partial charge in [-0.1, -0.05) is 20.8 Å². The summed E-state index contributed by atoms with van der Waals surface area (Å²) in [6.45, 7) is 6.57. The monoisotopic (exact) mass is 267 g/mol. The van der Waals surface area contributed by atoms with Crippen LogP contribution in [0.2, 0.25) is 0 Å². The zero-order chi connectivity index (χ0) is 13.5. The van der Waals surface area contributed by atoms with Crippen LogP contribution in [0.5, 0.6) is 0 Å². The molecule has 1 aliphatic heterocycles. The molecule has 1 atom stereocenters. The number of amides is 2. The summed E-state index contributed by atoms with van der Waals surface area (Å²) in [5, 5.41) is 2.62. The SMILES string of the molecule is CC(C)(C)c1csc(N2CC(C(N)=O)CC2=O)n1. The molecule has 98 valence electrons. The highest BCUT2D eigenvalue weighted by molar-refractivity contribution is 7.14. The van der Waals surface area contributed by atoms with Crippen LogP contribution in [0.15, 0.2) is 5.38 Å². The molecule has 2 rings (SSSR count). The van der Waals surface area contributed by atoms with Gasteiger partial charge in [0.1, 0.15) is 0 Å². The largest absolute Gasteiger partial charge is 0.369 e. The van der Waals surface area contributed by atoms with Gasteiger partial charge in [-0.3, -0.25) is 14.5 Å². The number of thiazole rings is 1. The van der Waals surface area contributed by atoms with Gasteiger partial charge in [0.25, 0.3) is 0 Å². The summed E-state index contributed by atoms with van der Waals surface area (Å²) in [5.41, 5.74) is 6.16. The molecule has 1 unspecified atom stereocenters. The first-order valence-electron chi connectivity index (χ1n) is 5.84. The molecule has 1 aromatic heterocycles. The second-order valence-electron chi connectivity index (χ2n) is 5.57. The normalized spacial score (nSPS) is 20.5. The van der Waals surface area contributed by atoms with Crippen molar-refractivity contribution in [2.75, 3.05) is 11.4 Å². The van der Waals surface area contributed by atoms with Gasteiger partial charge in [-0.25, -0.2) is 4.98 Å². The van der Waals surface area contributed by atoms with Gasteiger partial charge in [0.2, 0.25) is 11.8 Å². The van der Waals surface area contributed by atoms with Crippen LogP contribution in [0.4, 0.5) is 5.13 Å². The van der Waals surface area contributed by atoms with E-state index in [4.69, 9.17) is 5.73 Å². The van der Waals surface area contributed by atoms with Gasteiger partial charge in [0.05, 0.1) is 11.6 Å². The second-order valence-corrected chi connectivity index (χ2v) is 6.41. The summed E-state index contributed by atoms with van der Waals surface area (Å²) in [6, 6.07) is 0. The van der Waals surface area contributed by atoms with Gasteiger partial charge >= 0.3 is 0 Å². The first kappa shape index (κ1) is 13.0. The molecule has 1 aromatic rings. The highest BCUT2D eigenvalue weighted by atomic mass is 32.1. The van der Waals surface area contributed by atoms with Crippen molar-refractivity contribution in [3.8, 4) is 0 Å². The van der Waals surface area contributed by atoms with Crippen LogP contribution in [0, 0.1) is 5.92 Å². The van der Waals surface area contributed by atoms with Crippen LogP contribution in [0.3, 0.4) is 0 Å². The van der Waals surface area contributed by atoms with Crippen molar-refractivity contribution < 1.29 is 9.59 Å². The maximum Gasteiger partial charge on any atom is 0.229 e. The molecule has 0 bridgehead atoms. The summed E-state index contributed by atoms with van der Waals surface area (Å²) in [5.74, 6) is -0.883. The Morgan fingerprint density at radius 2 is 2.22 bits per heavy atom. The third-order valence-electron chi connectivity index (χ3n) is 3.02. The maximum atomic E-state index is 11.8. The number of anilines is 1. The van der Waals surface area contributed by atoms with Crippen LogP contribution in [0.25, 0.3) is 0 Å². The lowest BCUT2D eigenvalue weighted by Crippen LogP contribution is -2.28. The topological polar surface area (TPSA) is 76.3 Å². The lowest BCUT2D eigenvalue weighted by atomic mass is 9.93. The first-order valence-corrected chi connectivity index (χ1v) is 6.72. The Hall–Kier alpha value is -1.43. The molecule has 0 spiro atoms. The molecule has 1 aliphatic rings. The zero-order valence-corrected chi connectivity index (χ0v) is 11.6. The van der Waals surface area contributed by atoms with Gasteiger partial charge in [0, 0.05) is 23.8 Å². The second kappa shape index (κ2) is 4.35. The molecule has 5 nitrogen and oxygen atoms in total. The van der Waals surface area contributed by atoms with E-state index in [0.29, 0.717) is 11.7 Å². The van der Waals surface area contributed by atoms with E-state index in [9.17, 15) is 9.59 Å². The Bertz CT molecular complexity index is 490. The Balaban J connectivity index is 2.20. The van der Waals surface area contributed by atoms with Crippen LogP contribution in [0.1, 0.15) is 32.9 Å². The van der Waals surface area contributed by atoms with E-state index in [2.05, 4.69) is 25.8 Å². The standard InChI is InChI=1S/C12H17N3O2S/c1-12(2,3)8-6-18-11(14-8)15-5-7(10(13)17)4-9(15)16/h6-7H,4-5H2,1-3H3,(H2,13,17). The summed E-state index contributed by atoms with van der Waals surface area (Å²) < 4.78 is 0. The molecular formula is C12H17N3O2S. The van der Waals surface area contributed by atoms with Crippen LogP contribution < -0.4 is 10.6 Å². The Labute approximate surface area is 110 Å². The quantitative estimate of drug-likeness (QED) is 0.877. The van der Waals surface area contributed by atoms with E-state index < -0.39 is 5.91 Å². The van der Waals surface area contributed by atoms with Gasteiger partial charge in [-0.2, -0.15) is 0 Å². The Morgan fingerprint density at radius 1 is 1.56 bits per heavy atom. The Kier molecular flexibility index (Phi) is 3.14. The first-order chi connectivity index (χ1) is 8.29. The smallest absolute Gasteiger partial charge is 0.229 e. The lowest BCUT2D eigenvalue weighted by Gasteiger charge is -2.15. The minimum atomic E-state index is -0.418. The minimum absolute atomic E-state index is 0.0411. The molecule has 2 heterocycles. The van der Waals surface area contributed by atoms with Gasteiger partial charge in [0.15, 0.2) is 5.13 Å². The van der Waals surface area contributed by atoms with E-state index in [1.165, 1.54) is 11.3 Å². The number of nitrogens with zero attached hydrogens (tertiary/aromatic N) is 2. The average Bonchev–Trinajstić information content (AvgIpc) is 2.81. The molecule has 2 N–H and O–H groups in total. The van der Waals surface area contributed by atoms with Gasteiger partial charge in [-0.15, -0.1) is 11.3 Å². The lowest BCUT2D eigenvalue weighted by molar-refractivity contribution is -0.123. The highest BCUT2D eigenvalue weighted by Crippen LogP contribution is 2.31. The fourth-order valence-corrected chi connectivity index (χ4v) is 2.89. The molecule has 0 saturated carbocycles. The number of primary amides is 1. The molecule has 0 radical (unpaired) electrons. The van der Waals surface area contributed by atoms with E-state index >= 15 is 0 Å². The maximum absolute atomic E-state index is 11.8. The number of hydrogen-bond donors (Lipinski definition) is 1. The van der Waals surface area contributed by atoms with Crippen LogP contribution >= 0.6 is 11.3 Å². The van der Waals surface area contributed by atoms with Crippen molar-refractivity contribution in [1.29, 1.82) is 0 Å². The zero-order valence-electron chi connectivity index (χ0n) is 10.8. The highest BCUT2D eigenvalue weighted by Gasteiger charge is 2.35. The number of carbonyl (C=O) groups is 2. The molecule has 1 saturated heterocycles. The van der Waals surface area contributed by atoms with E-state index in [1.807, 2.05) is 5.38 Å². The summed E-state index contributed by atoms with van der Waals surface area (Å²) in [4.78, 5) is 29.0. The third kappa shape index (κ3) is 2.38. The molecule has 1 fully saturated rings. The number of aromatic nitrogens is 1. The molecule has 2 amide bonds. The molecule has 0 aliphatic carbocycles. The predicted molar refractivity (Wildman–Crippen MR) is 70.5 cm³/mol. The van der Waals surface area contributed by atoms with Crippen molar-refractivity contribution in [2.24, 2.45) is 11.7 Å². The molecule has 6 heteroatoms. The summed E-state index contributed by atoms with van der Waals surface area (Å²) in [6.07, 6.45) is 0.194. The third-order valence-corrected chi connectivity index (χ3v) is 3.88. The number of rotatable bonds is 2. The molecule has 0 aromatic carbocycles. The Morgan fingerprint density at radius 3 is 2.67 bits per heavy atom. The van der Waals surface area contributed by atoms with Crippen molar-refractivity contribution in [2.45, 2.75) is 32.6 Å². The fourth-order valence-electron chi connectivity index (χ4n) is 1.82. The average molecular weight is 267 g/mol. The van der Waals surface area contributed by atoms with Crippen molar-refractivity contribution in [3.63, 3.8) is 0 Å². The van der Waals surface area contributed by atoms with E-state index in [0.717, 1.165) is 5.69 Å². The van der Waals surface area contributed by atoms with Crippen molar-refractivity contribution in [1.82, 2.24) is 4.98 Å². The summed E-state index contributed by atoms with van der Waals surface area (Å²) >= 11 is 1.43. The summed E-state index contributed by atoms with van der Waals surface area (Å²) in [7, 11) is 0. The van der Waals surface area contributed by atoms with Gasteiger partial charge < -0.3 is 5.73 Å². The number of nitrogens with two attached hydrogens (primary N) is 1. The van der Waals surface area contributed by atoms with Crippen LogP contribution in [-0.4, -0.2) is 23.3 Å². The van der Waals surface area contributed by atoms with Crippen molar-refractivity contribution >= 4 is 28.3 Å². The number of carbonyl (C=O) groups excluding carboxylic acids is 2. The van der Waals surface area contributed by atoms with E-state index in [-0.39, 0.29) is 23.7 Å². The molecule has 18 heavy (non-hydrogen) atoms. The molecular weight excluding hydrogens is 250 g/mol. The van der Waals surface area contributed by atoms with Crippen LogP contribution in [-0.2, 0) is 15.0 Å². The van der Waals surface area contributed by atoms with Gasteiger partial charge in [-0.05, 0) is 0 Å². The van der Waals surface area contributed by atoms with Crippen molar-refractivity contribution in [3.05, 3.63) is 11.1 Å².